The molecule has 0 saturated carbocycles. The first-order valence-electron chi connectivity index (χ1n) is 9.79. The van der Waals surface area contributed by atoms with E-state index in [1.54, 1.807) is 21.0 Å². The molecule has 0 radical (unpaired) electrons. The summed E-state index contributed by atoms with van der Waals surface area (Å²) in [6, 6.07) is 0. The Hall–Kier alpha value is -1.86. The first kappa shape index (κ1) is 21.4. The molecule has 1 amide bonds. The Labute approximate surface area is 161 Å². The summed E-state index contributed by atoms with van der Waals surface area (Å²) in [5, 5.41) is 2.95. The van der Waals surface area contributed by atoms with Crippen molar-refractivity contribution in [2.75, 3.05) is 46.5 Å². The SMILES string of the molecule is COCCOC(=O)c1c(C)[nH]c(C(=O)NCCCN2CCCC(C)C2)c1C. The first-order valence-corrected chi connectivity index (χ1v) is 9.79. The van der Waals surface area contributed by atoms with Crippen LogP contribution in [-0.4, -0.2) is 68.3 Å². The molecule has 7 nitrogen and oxygen atoms in total. The largest absolute Gasteiger partial charge is 0.460 e. The van der Waals surface area contributed by atoms with E-state index in [4.69, 9.17) is 9.47 Å². The van der Waals surface area contributed by atoms with Crippen LogP contribution in [-0.2, 0) is 9.47 Å². The van der Waals surface area contributed by atoms with Crippen LogP contribution in [0.2, 0.25) is 0 Å². The summed E-state index contributed by atoms with van der Waals surface area (Å²) >= 11 is 0. The lowest BCUT2D eigenvalue weighted by atomic mass is 10.0. The first-order chi connectivity index (χ1) is 12.9. The monoisotopic (exact) mass is 379 g/mol. The molecule has 7 heteroatoms. The molecule has 2 N–H and O–H groups in total. The zero-order chi connectivity index (χ0) is 19.8. The van der Waals surface area contributed by atoms with Gasteiger partial charge in [-0.3, -0.25) is 4.79 Å². The number of likely N-dealkylation sites (tertiary alicyclic amines) is 1. The quantitative estimate of drug-likeness (QED) is 0.508. The number of hydrogen-bond donors (Lipinski definition) is 2. The molecule has 27 heavy (non-hydrogen) atoms. The number of aryl methyl sites for hydroxylation is 1. The van der Waals surface area contributed by atoms with E-state index in [0.717, 1.165) is 32.0 Å². The van der Waals surface area contributed by atoms with E-state index in [-0.39, 0.29) is 12.5 Å². The van der Waals surface area contributed by atoms with Gasteiger partial charge in [-0.25, -0.2) is 4.79 Å². The molecular formula is C20H33N3O4. The summed E-state index contributed by atoms with van der Waals surface area (Å²) in [4.78, 5) is 30.2. The molecule has 0 aliphatic carbocycles. The average molecular weight is 380 g/mol. The maximum absolute atomic E-state index is 12.5. The minimum atomic E-state index is -0.434. The summed E-state index contributed by atoms with van der Waals surface area (Å²) in [6.45, 7) is 10.3. The molecule has 1 atom stereocenters. The van der Waals surface area contributed by atoms with Gasteiger partial charge in [0.15, 0.2) is 0 Å². The number of methoxy groups -OCH3 is 1. The highest BCUT2D eigenvalue weighted by Crippen LogP contribution is 2.19. The van der Waals surface area contributed by atoms with Crippen molar-refractivity contribution in [2.45, 2.75) is 40.0 Å². The van der Waals surface area contributed by atoms with Crippen molar-refractivity contribution in [3.05, 3.63) is 22.5 Å². The Morgan fingerprint density at radius 2 is 2.07 bits per heavy atom. The molecule has 1 aromatic heterocycles. The van der Waals surface area contributed by atoms with Gasteiger partial charge in [-0.15, -0.1) is 0 Å². The smallest absolute Gasteiger partial charge is 0.340 e. The number of ether oxygens (including phenoxy) is 2. The van der Waals surface area contributed by atoms with Gasteiger partial charge in [0.25, 0.3) is 5.91 Å². The van der Waals surface area contributed by atoms with Crippen molar-refractivity contribution in [1.29, 1.82) is 0 Å². The summed E-state index contributed by atoms with van der Waals surface area (Å²) in [7, 11) is 1.55. The highest BCUT2D eigenvalue weighted by molar-refractivity contribution is 6.00. The minimum Gasteiger partial charge on any atom is -0.460 e. The normalized spacial score (nSPS) is 17.7. The van der Waals surface area contributed by atoms with Crippen LogP contribution in [0, 0.1) is 19.8 Å². The zero-order valence-electron chi connectivity index (χ0n) is 17.0. The Kier molecular flexibility index (Phi) is 8.31. The number of carbonyl (C=O) groups excluding carboxylic acids is 2. The highest BCUT2D eigenvalue weighted by Gasteiger charge is 2.23. The van der Waals surface area contributed by atoms with Crippen molar-refractivity contribution in [3.8, 4) is 0 Å². The number of nitrogens with one attached hydrogen (secondary N) is 2. The van der Waals surface area contributed by atoms with Crippen LogP contribution >= 0.6 is 0 Å². The maximum atomic E-state index is 12.5. The number of hydrogen-bond acceptors (Lipinski definition) is 5. The predicted octanol–water partition coefficient (Wildman–Crippen LogP) is 2.29. The third kappa shape index (κ3) is 6.07. The van der Waals surface area contributed by atoms with E-state index >= 15 is 0 Å². The van der Waals surface area contributed by atoms with Gasteiger partial charge >= 0.3 is 5.97 Å². The topological polar surface area (TPSA) is 83.7 Å². The van der Waals surface area contributed by atoms with Crippen LogP contribution in [0.1, 0.15) is 58.3 Å². The fourth-order valence-corrected chi connectivity index (χ4v) is 3.66. The number of carbonyl (C=O) groups is 2. The standard InChI is InChI=1S/C20H33N3O4/c1-14-7-5-9-23(13-14)10-6-8-21-19(24)18-15(2)17(16(3)22-18)20(25)27-12-11-26-4/h14,22H,5-13H2,1-4H3,(H,21,24). The Balaban J connectivity index is 1.83. The molecule has 1 fully saturated rings. The van der Waals surface area contributed by atoms with E-state index in [0.29, 0.717) is 35.7 Å². The second-order valence-electron chi connectivity index (χ2n) is 7.41. The fraction of sp³-hybridized carbons (Fsp3) is 0.700. The summed E-state index contributed by atoms with van der Waals surface area (Å²) in [5.74, 6) is 0.148. The van der Waals surface area contributed by atoms with Crippen molar-refractivity contribution in [2.24, 2.45) is 5.92 Å². The lowest BCUT2D eigenvalue weighted by molar-refractivity contribution is 0.0387. The molecule has 0 aromatic carbocycles. The number of aromatic nitrogens is 1. The van der Waals surface area contributed by atoms with Crippen molar-refractivity contribution in [1.82, 2.24) is 15.2 Å². The van der Waals surface area contributed by atoms with Crippen LogP contribution in [0.3, 0.4) is 0 Å². The van der Waals surface area contributed by atoms with E-state index in [1.165, 1.54) is 12.8 Å². The van der Waals surface area contributed by atoms with E-state index < -0.39 is 5.97 Å². The van der Waals surface area contributed by atoms with Gasteiger partial charge in [-0.2, -0.15) is 0 Å². The Bertz CT molecular complexity index is 641. The van der Waals surface area contributed by atoms with Gasteiger partial charge in [0.1, 0.15) is 12.3 Å². The fourth-order valence-electron chi connectivity index (χ4n) is 3.66. The number of amides is 1. The second-order valence-corrected chi connectivity index (χ2v) is 7.41. The molecule has 2 heterocycles. The van der Waals surface area contributed by atoms with E-state index in [2.05, 4.69) is 22.1 Å². The maximum Gasteiger partial charge on any atom is 0.340 e. The molecule has 1 aliphatic heterocycles. The van der Waals surface area contributed by atoms with Crippen molar-refractivity contribution < 1.29 is 19.1 Å². The molecule has 1 aliphatic rings. The number of aromatic amines is 1. The van der Waals surface area contributed by atoms with Crippen molar-refractivity contribution >= 4 is 11.9 Å². The average Bonchev–Trinajstić information content (AvgIpc) is 2.93. The van der Waals surface area contributed by atoms with Gasteiger partial charge in [0.05, 0.1) is 12.2 Å². The number of piperidine rings is 1. The van der Waals surface area contributed by atoms with Crippen LogP contribution in [0.25, 0.3) is 0 Å². The van der Waals surface area contributed by atoms with Crippen LogP contribution < -0.4 is 5.32 Å². The van der Waals surface area contributed by atoms with Gasteiger partial charge < -0.3 is 24.7 Å². The minimum absolute atomic E-state index is 0.182. The number of rotatable bonds is 9. The molecule has 2 rings (SSSR count). The van der Waals surface area contributed by atoms with Gasteiger partial charge in [0, 0.05) is 25.9 Å². The lowest BCUT2D eigenvalue weighted by Crippen LogP contribution is -2.36. The number of esters is 1. The van der Waals surface area contributed by atoms with Crippen LogP contribution in [0.5, 0.6) is 0 Å². The van der Waals surface area contributed by atoms with Gasteiger partial charge in [0.2, 0.25) is 0 Å². The summed E-state index contributed by atoms with van der Waals surface area (Å²) < 4.78 is 10.1. The molecule has 1 unspecified atom stereocenters. The molecule has 0 bridgehead atoms. The number of nitrogens with zero attached hydrogens (tertiary/aromatic N) is 1. The van der Waals surface area contributed by atoms with Crippen LogP contribution in [0.15, 0.2) is 0 Å². The van der Waals surface area contributed by atoms with Gasteiger partial charge in [-0.1, -0.05) is 6.92 Å². The third-order valence-corrected chi connectivity index (χ3v) is 5.07. The van der Waals surface area contributed by atoms with Crippen molar-refractivity contribution in [3.63, 3.8) is 0 Å². The second kappa shape index (κ2) is 10.5. The van der Waals surface area contributed by atoms with Gasteiger partial charge in [-0.05, 0) is 57.7 Å². The Morgan fingerprint density at radius 3 is 2.78 bits per heavy atom. The van der Waals surface area contributed by atoms with Crippen LogP contribution in [0.4, 0.5) is 0 Å². The highest BCUT2D eigenvalue weighted by atomic mass is 16.6. The Morgan fingerprint density at radius 1 is 1.30 bits per heavy atom. The zero-order valence-corrected chi connectivity index (χ0v) is 17.0. The summed E-state index contributed by atoms with van der Waals surface area (Å²) in [6.07, 6.45) is 3.50. The summed E-state index contributed by atoms with van der Waals surface area (Å²) in [5.41, 5.74) is 2.12. The molecular weight excluding hydrogens is 346 g/mol. The molecule has 1 aromatic rings. The van der Waals surface area contributed by atoms with E-state index in [1.807, 2.05) is 0 Å². The lowest BCUT2D eigenvalue weighted by Gasteiger charge is -2.30. The molecule has 152 valence electrons. The predicted molar refractivity (Wildman–Crippen MR) is 104 cm³/mol. The molecule has 0 spiro atoms. The van der Waals surface area contributed by atoms with E-state index in [9.17, 15) is 9.59 Å². The third-order valence-electron chi connectivity index (χ3n) is 5.07. The molecule has 1 saturated heterocycles. The number of H-pyrrole nitrogens is 1.